The van der Waals surface area contributed by atoms with Crippen molar-refractivity contribution in [2.45, 2.75) is 32.1 Å². The molecular formula is C20H28N2O. The highest BCUT2D eigenvalue weighted by Gasteiger charge is 2.42. The van der Waals surface area contributed by atoms with Gasteiger partial charge in [0.1, 0.15) is 0 Å². The van der Waals surface area contributed by atoms with E-state index in [1.165, 1.54) is 24.9 Å². The zero-order chi connectivity index (χ0) is 16.1. The molecule has 1 aromatic carbocycles. The van der Waals surface area contributed by atoms with Gasteiger partial charge in [-0.25, -0.2) is 0 Å². The van der Waals surface area contributed by atoms with Crippen LogP contribution in [0.25, 0.3) is 0 Å². The quantitative estimate of drug-likeness (QED) is 0.780. The highest BCUT2D eigenvalue weighted by molar-refractivity contribution is 5.78. The first-order valence-corrected chi connectivity index (χ1v) is 8.86. The molecule has 2 heterocycles. The monoisotopic (exact) mass is 312 g/mol. The van der Waals surface area contributed by atoms with Crippen LogP contribution in [0.2, 0.25) is 0 Å². The summed E-state index contributed by atoms with van der Waals surface area (Å²) in [5.74, 6) is 0.248. The number of carbonyl (C=O) groups excluding carboxylic acids is 1. The molecule has 1 spiro atoms. The van der Waals surface area contributed by atoms with Gasteiger partial charge in [-0.1, -0.05) is 36.4 Å². The minimum atomic E-state index is 0.248. The summed E-state index contributed by atoms with van der Waals surface area (Å²) < 4.78 is 0. The van der Waals surface area contributed by atoms with Crippen molar-refractivity contribution >= 4 is 5.91 Å². The highest BCUT2D eigenvalue weighted by atomic mass is 16.2. The van der Waals surface area contributed by atoms with Crippen molar-refractivity contribution in [3.63, 3.8) is 0 Å². The Bertz CT molecular complexity index is 542. The molecule has 2 aliphatic rings. The van der Waals surface area contributed by atoms with E-state index in [0.29, 0.717) is 11.8 Å². The standard InChI is InChI=1S/C20H28N2O/c1-2-7-19(23)22-15-12-20(17-22)11-6-13-21(16-20)14-10-18-8-4-3-5-9-18/h2-5,8-9H,1,6-7,10-17H2. The Balaban J connectivity index is 1.54. The van der Waals surface area contributed by atoms with Crippen LogP contribution in [-0.4, -0.2) is 48.4 Å². The van der Waals surface area contributed by atoms with Crippen LogP contribution in [0.15, 0.2) is 43.0 Å². The average molecular weight is 312 g/mol. The van der Waals surface area contributed by atoms with Crippen molar-refractivity contribution in [2.24, 2.45) is 5.41 Å². The van der Waals surface area contributed by atoms with E-state index in [4.69, 9.17) is 0 Å². The molecule has 0 bridgehead atoms. The van der Waals surface area contributed by atoms with Crippen LogP contribution in [0.1, 0.15) is 31.2 Å². The lowest BCUT2D eigenvalue weighted by Crippen LogP contribution is -2.45. The van der Waals surface area contributed by atoms with Gasteiger partial charge in [-0.05, 0) is 37.8 Å². The first-order chi connectivity index (χ1) is 11.2. The van der Waals surface area contributed by atoms with Crippen LogP contribution in [-0.2, 0) is 11.2 Å². The molecule has 2 fully saturated rings. The van der Waals surface area contributed by atoms with Crippen LogP contribution in [0.5, 0.6) is 0 Å². The van der Waals surface area contributed by atoms with Crippen LogP contribution >= 0.6 is 0 Å². The number of benzene rings is 1. The maximum Gasteiger partial charge on any atom is 0.226 e. The molecule has 1 amide bonds. The van der Waals surface area contributed by atoms with Crippen molar-refractivity contribution in [2.75, 3.05) is 32.7 Å². The minimum Gasteiger partial charge on any atom is -0.342 e. The third-order valence-corrected chi connectivity index (χ3v) is 5.41. The second-order valence-corrected chi connectivity index (χ2v) is 7.17. The van der Waals surface area contributed by atoms with Gasteiger partial charge in [0.25, 0.3) is 0 Å². The number of nitrogens with zero attached hydrogens (tertiary/aromatic N) is 2. The predicted molar refractivity (Wildman–Crippen MR) is 94.3 cm³/mol. The Labute approximate surface area is 140 Å². The van der Waals surface area contributed by atoms with Crippen LogP contribution in [0, 0.1) is 5.41 Å². The molecule has 1 unspecified atom stereocenters. The molecule has 0 aromatic heterocycles. The number of amides is 1. The fourth-order valence-corrected chi connectivity index (χ4v) is 4.17. The smallest absolute Gasteiger partial charge is 0.226 e. The number of hydrogen-bond acceptors (Lipinski definition) is 2. The Morgan fingerprint density at radius 3 is 2.78 bits per heavy atom. The van der Waals surface area contributed by atoms with E-state index in [-0.39, 0.29) is 5.91 Å². The van der Waals surface area contributed by atoms with Crippen LogP contribution < -0.4 is 0 Å². The molecule has 0 saturated carbocycles. The molecule has 124 valence electrons. The van der Waals surface area contributed by atoms with Crippen molar-refractivity contribution in [3.05, 3.63) is 48.6 Å². The minimum absolute atomic E-state index is 0.248. The number of rotatable bonds is 5. The van der Waals surface area contributed by atoms with Gasteiger partial charge >= 0.3 is 0 Å². The lowest BCUT2D eigenvalue weighted by atomic mass is 9.79. The van der Waals surface area contributed by atoms with Gasteiger partial charge in [0.05, 0.1) is 0 Å². The third-order valence-electron chi connectivity index (χ3n) is 5.41. The molecule has 2 aliphatic heterocycles. The van der Waals surface area contributed by atoms with E-state index in [1.807, 2.05) is 0 Å². The second-order valence-electron chi connectivity index (χ2n) is 7.17. The largest absolute Gasteiger partial charge is 0.342 e. The fraction of sp³-hybridized carbons (Fsp3) is 0.550. The van der Waals surface area contributed by atoms with Crippen LogP contribution in [0.3, 0.4) is 0 Å². The maximum atomic E-state index is 12.1. The second kappa shape index (κ2) is 7.31. The van der Waals surface area contributed by atoms with Gasteiger partial charge < -0.3 is 9.80 Å². The summed E-state index contributed by atoms with van der Waals surface area (Å²) in [5, 5.41) is 0. The van der Waals surface area contributed by atoms with Crippen molar-refractivity contribution in [1.29, 1.82) is 0 Å². The average Bonchev–Trinajstić information content (AvgIpc) is 2.98. The molecule has 0 radical (unpaired) electrons. The number of piperidine rings is 1. The summed E-state index contributed by atoms with van der Waals surface area (Å²) in [6.07, 6.45) is 7.02. The van der Waals surface area contributed by atoms with Crippen molar-refractivity contribution in [3.8, 4) is 0 Å². The highest BCUT2D eigenvalue weighted by Crippen LogP contribution is 2.39. The molecule has 3 nitrogen and oxygen atoms in total. The molecule has 23 heavy (non-hydrogen) atoms. The molecule has 3 rings (SSSR count). The van der Waals surface area contributed by atoms with Crippen LogP contribution in [0.4, 0.5) is 0 Å². The summed E-state index contributed by atoms with van der Waals surface area (Å²) in [5.41, 5.74) is 1.76. The first kappa shape index (κ1) is 16.3. The van der Waals surface area contributed by atoms with E-state index in [0.717, 1.165) is 39.0 Å². The lowest BCUT2D eigenvalue weighted by molar-refractivity contribution is -0.129. The Morgan fingerprint density at radius 1 is 1.17 bits per heavy atom. The Kier molecular flexibility index (Phi) is 5.16. The summed E-state index contributed by atoms with van der Waals surface area (Å²) in [4.78, 5) is 16.8. The molecule has 3 heteroatoms. The molecule has 0 aliphatic carbocycles. The van der Waals surface area contributed by atoms with E-state index in [9.17, 15) is 4.79 Å². The van der Waals surface area contributed by atoms with Gasteiger partial charge in [0.15, 0.2) is 0 Å². The summed E-state index contributed by atoms with van der Waals surface area (Å²) in [6.45, 7) is 9.05. The van der Waals surface area contributed by atoms with Gasteiger partial charge in [-0.2, -0.15) is 0 Å². The molecule has 1 aromatic rings. The number of hydrogen-bond donors (Lipinski definition) is 0. The topological polar surface area (TPSA) is 23.6 Å². The summed E-state index contributed by atoms with van der Waals surface area (Å²) >= 11 is 0. The van der Waals surface area contributed by atoms with Gasteiger partial charge in [-0.15, -0.1) is 6.58 Å². The Morgan fingerprint density at radius 2 is 2.00 bits per heavy atom. The lowest BCUT2D eigenvalue weighted by Gasteiger charge is -2.40. The van der Waals surface area contributed by atoms with E-state index < -0.39 is 0 Å². The Hall–Kier alpha value is -1.61. The molecule has 1 atom stereocenters. The molecule has 2 saturated heterocycles. The normalized spacial score (nSPS) is 25.0. The number of carbonyl (C=O) groups is 1. The molecular weight excluding hydrogens is 284 g/mol. The summed E-state index contributed by atoms with van der Waals surface area (Å²) in [7, 11) is 0. The number of likely N-dealkylation sites (tertiary alicyclic amines) is 2. The van der Waals surface area contributed by atoms with Gasteiger partial charge in [0.2, 0.25) is 5.91 Å². The van der Waals surface area contributed by atoms with E-state index >= 15 is 0 Å². The summed E-state index contributed by atoms with van der Waals surface area (Å²) in [6, 6.07) is 10.7. The van der Waals surface area contributed by atoms with Crippen molar-refractivity contribution in [1.82, 2.24) is 9.80 Å². The van der Waals surface area contributed by atoms with Crippen molar-refractivity contribution < 1.29 is 4.79 Å². The van der Waals surface area contributed by atoms with Gasteiger partial charge in [-0.3, -0.25) is 4.79 Å². The fourth-order valence-electron chi connectivity index (χ4n) is 4.17. The zero-order valence-electron chi connectivity index (χ0n) is 14.0. The predicted octanol–water partition coefficient (Wildman–Crippen LogP) is 3.12. The first-order valence-electron chi connectivity index (χ1n) is 8.86. The SMILES string of the molecule is C=CCC(=O)N1CCC2(CCCN(CCc3ccccc3)C2)C1. The van der Waals surface area contributed by atoms with E-state index in [2.05, 4.69) is 46.7 Å². The van der Waals surface area contributed by atoms with E-state index in [1.54, 1.807) is 6.08 Å². The molecule has 0 N–H and O–H groups in total. The van der Waals surface area contributed by atoms with Gasteiger partial charge in [0, 0.05) is 38.0 Å². The zero-order valence-corrected chi connectivity index (χ0v) is 14.0. The maximum absolute atomic E-state index is 12.1. The third kappa shape index (κ3) is 4.03.